The van der Waals surface area contributed by atoms with E-state index >= 15 is 0 Å². The van der Waals surface area contributed by atoms with Crippen LogP contribution in [-0.2, 0) is 9.53 Å². The number of nitrogens with one attached hydrogen (secondary N) is 1. The Hall–Kier alpha value is -3.10. The largest absolute Gasteiger partial charge is 0.378 e. The summed E-state index contributed by atoms with van der Waals surface area (Å²) in [5, 5.41) is 12.3. The molecule has 0 spiro atoms. The molecule has 0 saturated carbocycles. The molecule has 138 valence electrons. The average Bonchev–Trinajstić information content (AvgIpc) is 2.73. The Morgan fingerprint density at radius 3 is 2.44 bits per heavy atom. The molecule has 1 heterocycles. The van der Waals surface area contributed by atoms with E-state index in [2.05, 4.69) is 10.2 Å². The second-order valence-corrected chi connectivity index (χ2v) is 6.47. The molecule has 1 saturated heterocycles. The summed E-state index contributed by atoms with van der Waals surface area (Å²) >= 11 is 0. The Kier molecular flexibility index (Phi) is 6.24. The number of hydrogen-bond acceptors (Lipinski definition) is 4. The summed E-state index contributed by atoms with van der Waals surface area (Å²) in [7, 11) is 0. The molecule has 0 radical (unpaired) electrons. The van der Waals surface area contributed by atoms with Crippen LogP contribution in [0.4, 0.5) is 5.69 Å². The minimum absolute atomic E-state index is 0.0944. The first-order valence-corrected chi connectivity index (χ1v) is 9.08. The number of morpholine rings is 1. The SMILES string of the molecule is C[C@@H](NC(=O)/C(C#N)=C\c1ccc(N2CCOCC2)cc1)c1ccccc1. The summed E-state index contributed by atoms with van der Waals surface area (Å²) in [5.41, 5.74) is 3.04. The van der Waals surface area contributed by atoms with Gasteiger partial charge < -0.3 is 15.0 Å². The molecule has 1 amide bonds. The van der Waals surface area contributed by atoms with Crippen LogP contribution in [0.3, 0.4) is 0 Å². The Bertz CT molecular complexity index is 832. The maximum absolute atomic E-state index is 12.5. The van der Waals surface area contributed by atoms with Gasteiger partial charge in [0.25, 0.3) is 5.91 Å². The molecule has 1 fully saturated rings. The fraction of sp³-hybridized carbons (Fsp3) is 0.273. The van der Waals surface area contributed by atoms with E-state index in [0.29, 0.717) is 0 Å². The van der Waals surface area contributed by atoms with E-state index in [1.165, 1.54) is 0 Å². The normalized spacial score (nSPS) is 15.7. The molecule has 27 heavy (non-hydrogen) atoms. The van der Waals surface area contributed by atoms with Crippen molar-refractivity contribution in [3.05, 3.63) is 71.3 Å². The fourth-order valence-electron chi connectivity index (χ4n) is 3.02. The summed E-state index contributed by atoms with van der Waals surface area (Å²) in [5.74, 6) is -0.369. The number of carbonyl (C=O) groups is 1. The first-order valence-electron chi connectivity index (χ1n) is 9.08. The maximum Gasteiger partial charge on any atom is 0.262 e. The van der Waals surface area contributed by atoms with Crippen molar-refractivity contribution in [2.24, 2.45) is 0 Å². The zero-order valence-electron chi connectivity index (χ0n) is 15.4. The molecular weight excluding hydrogens is 338 g/mol. The van der Waals surface area contributed by atoms with Gasteiger partial charge in [-0.25, -0.2) is 0 Å². The lowest BCUT2D eigenvalue weighted by molar-refractivity contribution is -0.117. The van der Waals surface area contributed by atoms with Crippen molar-refractivity contribution in [3.63, 3.8) is 0 Å². The summed E-state index contributed by atoms with van der Waals surface area (Å²) in [6.07, 6.45) is 1.62. The summed E-state index contributed by atoms with van der Waals surface area (Å²) < 4.78 is 5.37. The van der Waals surface area contributed by atoms with Crippen LogP contribution in [0, 0.1) is 11.3 Å². The number of anilines is 1. The number of nitrogens with zero attached hydrogens (tertiary/aromatic N) is 2. The fourth-order valence-corrected chi connectivity index (χ4v) is 3.02. The average molecular weight is 361 g/mol. The van der Waals surface area contributed by atoms with Crippen LogP contribution >= 0.6 is 0 Å². The Balaban J connectivity index is 1.68. The maximum atomic E-state index is 12.5. The predicted octanol–water partition coefficient (Wildman–Crippen LogP) is 3.31. The smallest absolute Gasteiger partial charge is 0.262 e. The number of hydrogen-bond donors (Lipinski definition) is 1. The van der Waals surface area contributed by atoms with Gasteiger partial charge >= 0.3 is 0 Å². The van der Waals surface area contributed by atoms with Crippen molar-refractivity contribution in [2.75, 3.05) is 31.2 Å². The van der Waals surface area contributed by atoms with Crippen LogP contribution in [0.2, 0.25) is 0 Å². The first-order chi connectivity index (χ1) is 13.2. The number of benzene rings is 2. The molecule has 2 aromatic rings. The zero-order valence-corrected chi connectivity index (χ0v) is 15.4. The zero-order chi connectivity index (χ0) is 19.1. The third-order valence-corrected chi connectivity index (χ3v) is 4.59. The highest BCUT2D eigenvalue weighted by Crippen LogP contribution is 2.18. The molecule has 0 bridgehead atoms. The third-order valence-electron chi connectivity index (χ3n) is 4.59. The molecule has 2 aromatic carbocycles. The van der Waals surface area contributed by atoms with Crippen molar-refractivity contribution >= 4 is 17.7 Å². The van der Waals surface area contributed by atoms with Crippen molar-refractivity contribution < 1.29 is 9.53 Å². The number of rotatable bonds is 5. The van der Waals surface area contributed by atoms with Gasteiger partial charge in [0, 0.05) is 18.8 Å². The molecular formula is C22H23N3O2. The van der Waals surface area contributed by atoms with Crippen LogP contribution < -0.4 is 10.2 Å². The van der Waals surface area contributed by atoms with E-state index in [1.54, 1.807) is 6.08 Å². The highest BCUT2D eigenvalue weighted by Gasteiger charge is 2.14. The highest BCUT2D eigenvalue weighted by molar-refractivity contribution is 6.01. The molecule has 3 rings (SSSR count). The van der Waals surface area contributed by atoms with Gasteiger partial charge in [0.15, 0.2) is 0 Å². The topological polar surface area (TPSA) is 65.4 Å². The lowest BCUT2D eigenvalue weighted by atomic mass is 10.1. The van der Waals surface area contributed by atoms with Gasteiger partial charge in [0.2, 0.25) is 0 Å². The first kappa shape index (κ1) is 18.7. The number of nitriles is 1. The standard InChI is InChI=1S/C22H23N3O2/c1-17(19-5-3-2-4-6-19)24-22(26)20(16-23)15-18-7-9-21(10-8-18)25-11-13-27-14-12-25/h2-10,15,17H,11-14H2,1H3,(H,24,26)/b20-15-/t17-/m1/s1. The van der Waals surface area contributed by atoms with Gasteiger partial charge in [-0.2, -0.15) is 5.26 Å². The van der Waals surface area contributed by atoms with E-state index in [4.69, 9.17) is 4.74 Å². The summed E-state index contributed by atoms with van der Waals surface area (Å²) in [4.78, 5) is 14.7. The van der Waals surface area contributed by atoms with Crippen LogP contribution in [0.15, 0.2) is 60.2 Å². The van der Waals surface area contributed by atoms with Crippen molar-refractivity contribution in [2.45, 2.75) is 13.0 Å². The van der Waals surface area contributed by atoms with Crippen LogP contribution in [-0.4, -0.2) is 32.2 Å². The number of ether oxygens (including phenoxy) is 1. The van der Waals surface area contributed by atoms with Gasteiger partial charge in [-0.1, -0.05) is 42.5 Å². The molecule has 5 nitrogen and oxygen atoms in total. The van der Waals surface area contributed by atoms with E-state index < -0.39 is 0 Å². The highest BCUT2D eigenvalue weighted by atomic mass is 16.5. The molecule has 1 aliphatic rings. The lowest BCUT2D eigenvalue weighted by Gasteiger charge is -2.28. The molecule has 1 N–H and O–H groups in total. The van der Waals surface area contributed by atoms with Crippen LogP contribution in [0.5, 0.6) is 0 Å². The molecule has 1 aliphatic heterocycles. The minimum atomic E-state index is -0.369. The number of carbonyl (C=O) groups excluding carboxylic acids is 1. The Morgan fingerprint density at radius 2 is 1.81 bits per heavy atom. The minimum Gasteiger partial charge on any atom is -0.378 e. The molecule has 1 atom stereocenters. The van der Waals surface area contributed by atoms with E-state index in [-0.39, 0.29) is 17.5 Å². The van der Waals surface area contributed by atoms with Crippen molar-refractivity contribution in [1.29, 1.82) is 5.26 Å². The van der Waals surface area contributed by atoms with Gasteiger partial charge in [-0.3, -0.25) is 4.79 Å². The Morgan fingerprint density at radius 1 is 1.15 bits per heavy atom. The molecule has 0 aromatic heterocycles. The monoisotopic (exact) mass is 361 g/mol. The Labute approximate surface area is 159 Å². The lowest BCUT2D eigenvalue weighted by Crippen LogP contribution is -2.36. The predicted molar refractivity (Wildman–Crippen MR) is 106 cm³/mol. The second-order valence-electron chi connectivity index (χ2n) is 6.47. The van der Waals surface area contributed by atoms with Gasteiger partial charge in [0.05, 0.1) is 19.3 Å². The van der Waals surface area contributed by atoms with Gasteiger partial charge in [-0.15, -0.1) is 0 Å². The van der Waals surface area contributed by atoms with Crippen molar-refractivity contribution in [1.82, 2.24) is 5.32 Å². The van der Waals surface area contributed by atoms with Crippen LogP contribution in [0.25, 0.3) is 6.08 Å². The van der Waals surface area contributed by atoms with Gasteiger partial charge in [-0.05, 0) is 36.3 Å². The molecule has 5 heteroatoms. The van der Waals surface area contributed by atoms with Crippen LogP contribution in [0.1, 0.15) is 24.1 Å². The van der Waals surface area contributed by atoms with E-state index in [0.717, 1.165) is 43.1 Å². The summed E-state index contributed by atoms with van der Waals surface area (Å²) in [6.45, 7) is 5.12. The van der Waals surface area contributed by atoms with E-state index in [9.17, 15) is 10.1 Å². The van der Waals surface area contributed by atoms with Gasteiger partial charge in [0.1, 0.15) is 11.6 Å². The molecule has 0 aliphatic carbocycles. The molecule has 0 unspecified atom stereocenters. The van der Waals surface area contributed by atoms with E-state index in [1.807, 2.05) is 67.6 Å². The number of amides is 1. The third kappa shape index (κ3) is 4.96. The quantitative estimate of drug-likeness (QED) is 0.655. The summed E-state index contributed by atoms with van der Waals surface area (Å²) in [6, 6.07) is 19.4. The van der Waals surface area contributed by atoms with Crippen molar-refractivity contribution in [3.8, 4) is 6.07 Å². The second kappa shape index (κ2) is 9.02.